The SMILES string of the molecule is Cc1cc(C(N)=O)ccc1NC(=O)CCN1C(=O)[C@@H]2CCCC[C@H]2C1=O. The van der Waals surface area contributed by atoms with Crippen molar-refractivity contribution in [3.63, 3.8) is 0 Å². The molecule has 0 aromatic heterocycles. The lowest BCUT2D eigenvalue weighted by Gasteiger charge is -2.19. The van der Waals surface area contributed by atoms with E-state index in [2.05, 4.69) is 5.32 Å². The number of hydrogen-bond acceptors (Lipinski definition) is 4. The summed E-state index contributed by atoms with van der Waals surface area (Å²) < 4.78 is 0. The van der Waals surface area contributed by atoms with E-state index < -0.39 is 5.91 Å². The maximum Gasteiger partial charge on any atom is 0.248 e. The molecule has 1 aromatic carbocycles. The standard InChI is InChI=1S/C19H23N3O4/c1-11-10-12(17(20)24)6-7-15(11)21-16(23)8-9-22-18(25)13-4-2-3-5-14(13)19(22)26/h6-7,10,13-14H,2-5,8-9H2,1H3,(H2,20,24)(H,21,23)/t13-,14-/m1/s1. The van der Waals surface area contributed by atoms with Crippen LogP contribution in [0.5, 0.6) is 0 Å². The molecule has 0 radical (unpaired) electrons. The van der Waals surface area contributed by atoms with Gasteiger partial charge in [-0.25, -0.2) is 0 Å². The fourth-order valence-electron chi connectivity index (χ4n) is 3.83. The third kappa shape index (κ3) is 3.47. The minimum absolute atomic E-state index is 0.0495. The van der Waals surface area contributed by atoms with Gasteiger partial charge in [-0.1, -0.05) is 12.8 Å². The summed E-state index contributed by atoms with van der Waals surface area (Å²) in [6, 6.07) is 4.77. The molecule has 4 amide bonds. The Morgan fingerprint density at radius 3 is 2.31 bits per heavy atom. The van der Waals surface area contributed by atoms with E-state index in [4.69, 9.17) is 5.73 Å². The van der Waals surface area contributed by atoms with Crippen molar-refractivity contribution in [3.05, 3.63) is 29.3 Å². The Balaban J connectivity index is 1.58. The number of aryl methyl sites for hydroxylation is 1. The molecule has 1 aliphatic carbocycles. The topological polar surface area (TPSA) is 110 Å². The van der Waals surface area contributed by atoms with Gasteiger partial charge in [0.1, 0.15) is 0 Å². The van der Waals surface area contributed by atoms with Gasteiger partial charge in [0.15, 0.2) is 0 Å². The molecule has 1 saturated heterocycles. The average molecular weight is 357 g/mol. The van der Waals surface area contributed by atoms with Crippen LogP contribution in [-0.4, -0.2) is 35.1 Å². The van der Waals surface area contributed by atoms with Gasteiger partial charge >= 0.3 is 0 Å². The van der Waals surface area contributed by atoms with Crippen LogP contribution in [0.25, 0.3) is 0 Å². The Bertz CT molecular complexity index is 750. The third-order valence-electron chi connectivity index (χ3n) is 5.28. The second-order valence-electron chi connectivity index (χ2n) is 7.02. The molecule has 7 nitrogen and oxygen atoms in total. The van der Waals surface area contributed by atoms with Crippen molar-refractivity contribution in [2.75, 3.05) is 11.9 Å². The zero-order chi connectivity index (χ0) is 18.8. The molecule has 2 fully saturated rings. The number of rotatable bonds is 5. The number of amides is 4. The highest BCUT2D eigenvalue weighted by atomic mass is 16.2. The molecule has 3 N–H and O–H groups in total. The van der Waals surface area contributed by atoms with Crippen LogP contribution in [0.3, 0.4) is 0 Å². The van der Waals surface area contributed by atoms with Gasteiger partial charge in [-0.05, 0) is 43.5 Å². The number of carbonyl (C=O) groups is 4. The predicted octanol–water partition coefficient (Wildman–Crippen LogP) is 1.60. The molecule has 1 aliphatic heterocycles. The summed E-state index contributed by atoms with van der Waals surface area (Å²) in [5.74, 6) is -1.45. The number of fused-ring (bicyclic) bond motifs is 1. The van der Waals surface area contributed by atoms with Gasteiger partial charge in [-0.15, -0.1) is 0 Å². The normalized spacial score (nSPS) is 22.3. The number of likely N-dealkylation sites (tertiary alicyclic amines) is 1. The second-order valence-corrected chi connectivity index (χ2v) is 7.02. The van der Waals surface area contributed by atoms with E-state index in [0.717, 1.165) is 25.7 Å². The van der Waals surface area contributed by atoms with Crippen LogP contribution in [0.4, 0.5) is 5.69 Å². The number of hydrogen-bond donors (Lipinski definition) is 2. The lowest BCUT2D eigenvalue weighted by Crippen LogP contribution is -2.34. The molecule has 7 heteroatoms. The van der Waals surface area contributed by atoms with Crippen LogP contribution in [0, 0.1) is 18.8 Å². The quantitative estimate of drug-likeness (QED) is 0.780. The number of imide groups is 1. The van der Waals surface area contributed by atoms with E-state index in [1.165, 1.54) is 4.90 Å². The van der Waals surface area contributed by atoms with Crippen molar-refractivity contribution in [2.24, 2.45) is 17.6 Å². The maximum absolute atomic E-state index is 12.4. The van der Waals surface area contributed by atoms with E-state index in [0.29, 0.717) is 16.8 Å². The van der Waals surface area contributed by atoms with Gasteiger partial charge < -0.3 is 11.1 Å². The van der Waals surface area contributed by atoms with Gasteiger partial charge in [0.2, 0.25) is 23.6 Å². The minimum Gasteiger partial charge on any atom is -0.366 e. The monoisotopic (exact) mass is 357 g/mol. The van der Waals surface area contributed by atoms with Crippen molar-refractivity contribution in [3.8, 4) is 0 Å². The third-order valence-corrected chi connectivity index (χ3v) is 5.28. The van der Waals surface area contributed by atoms with Gasteiger partial charge in [0.25, 0.3) is 0 Å². The first-order chi connectivity index (χ1) is 12.4. The first-order valence-corrected chi connectivity index (χ1v) is 8.94. The Morgan fingerprint density at radius 2 is 1.77 bits per heavy atom. The molecule has 1 aromatic rings. The first kappa shape index (κ1) is 18.1. The van der Waals surface area contributed by atoms with Crippen LogP contribution in [0.1, 0.15) is 48.0 Å². The Labute approximate surface area is 151 Å². The van der Waals surface area contributed by atoms with E-state index in [1.807, 2.05) is 0 Å². The maximum atomic E-state index is 12.4. The highest BCUT2D eigenvalue weighted by Gasteiger charge is 2.47. The van der Waals surface area contributed by atoms with Crippen molar-refractivity contribution in [1.82, 2.24) is 4.90 Å². The Hall–Kier alpha value is -2.70. The van der Waals surface area contributed by atoms with Crippen LogP contribution >= 0.6 is 0 Å². The van der Waals surface area contributed by atoms with E-state index >= 15 is 0 Å². The summed E-state index contributed by atoms with van der Waals surface area (Å²) in [5.41, 5.74) is 6.90. The summed E-state index contributed by atoms with van der Waals surface area (Å²) in [6.45, 7) is 1.87. The van der Waals surface area contributed by atoms with Crippen molar-refractivity contribution >= 4 is 29.3 Å². The molecule has 0 spiro atoms. The number of primary amides is 1. The number of anilines is 1. The largest absolute Gasteiger partial charge is 0.366 e. The Kier molecular flexibility index (Phi) is 5.06. The number of benzene rings is 1. The highest BCUT2D eigenvalue weighted by Crippen LogP contribution is 2.37. The molecule has 26 heavy (non-hydrogen) atoms. The predicted molar refractivity (Wildman–Crippen MR) is 95.1 cm³/mol. The summed E-state index contributed by atoms with van der Waals surface area (Å²) in [6.07, 6.45) is 3.55. The van der Waals surface area contributed by atoms with Crippen molar-refractivity contribution < 1.29 is 19.2 Å². The number of nitrogens with zero attached hydrogens (tertiary/aromatic N) is 1. The van der Waals surface area contributed by atoms with Gasteiger partial charge in [-0.3, -0.25) is 24.1 Å². The molecule has 0 bridgehead atoms. The van der Waals surface area contributed by atoms with Gasteiger partial charge in [0, 0.05) is 24.2 Å². The molecule has 1 saturated carbocycles. The van der Waals surface area contributed by atoms with Crippen molar-refractivity contribution in [2.45, 2.75) is 39.0 Å². The van der Waals surface area contributed by atoms with Crippen LogP contribution in [-0.2, 0) is 14.4 Å². The summed E-state index contributed by atoms with van der Waals surface area (Å²) in [7, 11) is 0. The molecule has 3 rings (SSSR count). The lowest BCUT2D eigenvalue weighted by molar-refractivity contribution is -0.140. The molecular weight excluding hydrogens is 334 g/mol. The molecule has 1 heterocycles. The molecule has 2 atom stereocenters. The van der Waals surface area contributed by atoms with Crippen LogP contribution in [0.15, 0.2) is 18.2 Å². The van der Waals surface area contributed by atoms with Crippen molar-refractivity contribution in [1.29, 1.82) is 0 Å². The minimum atomic E-state index is -0.529. The summed E-state index contributed by atoms with van der Waals surface area (Å²) in [4.78, 5) is 49.5. The van der Waals surface area contributed by atoms with Crippen LogP contribution in [0.2, 0.25) is 0 Å². The average Bonchev–Trinajstić information content (AvgIpc) is 2.86. The number of nitrogens with one attached hydrogen (secondary N) is 1. The molecular formula is C19H23N3O4. The van der Waals surface area contributed by atoms with Gasteiger partial charge in [0.05, 0.1) is 11.8 Å². The highest BCUT2D eigenvalue weighted by molar-refractivity contribution is 6.05. The van der Waals surface area contributed by atoms with Gasteiger partial charge in [-0.2, -0.15) is 0 Å². The molecule has 138 valence electrons. The Morgan fingerprint density at radius 1 is 1.15 bits per heavy atom. The fourth-order valence-corrected chi connectivity index (χ4v) is 3.83. The lowest BCUT2D eigenvalue weighted by atomic mass is 9.81. The zero-order valence-corrected chi connectivity index (χ0v) is 14.8. The summed E-state index contributed by atoms with van der Waals surface area (Å²) >= 11 is 0. The number of nitrogens with two attached hydrogens (primary N) is 1. The smallest absolute Gasteiger partial charge is 0.248 e. The first-order valence-electron chi connectivity index (χ1n) is 8.94. The van der Waals surface area contributed by atoms with E-state index in [9.17, 15) is 19.2 Å². The van der Waals surface area contributed by atoms with Crippen LogP contribution < -0.4 is 11.1 Å². The molecule has 2 aliphatic rings. The summed E-state index contributed by atoms with van der Waals surface area (Å²) in [5, 5.41) is 2.75. The van der Waals surface area contributed by atoms with E-state index in [-0.39, 0.29) is 42.5 Å². The number of carbonyl (C=O) groups excluding carboxylic acids is 4. The van der Waals surface area contributed by atoms with E-state index in [1.54, 1.807) is 25.1 Å². The zero-order valence-electron chi connectivity index (χ0n) is 14.8. The molecule has 0 unspecified atom stereocenters. The second kappa shape index (κ2) is 7.27. The fraction of sp³-hybridized carbons (Fsp3) is 0.474.